The van der Waals surface area contributed by atoms with E-state index in [-0.39, 0.29) is 11.6 Å². The van der Waals surface area contributed by atoms with Gasteiger partial charge in [-0.15, -0.1) is 0 Å². The summed E-state index contributed by atoms with van der Waals surface area (Å²) in [7, 11) is 1.87. The minimum atomic E-state index is -0.334. The zero-order valence-corrected chi connectivity index (χ0v) is 17.0. The van der Waals surface area contributed by atoms with Crippen molar-refractivity contribution in [3.05, 3.63) is 78.5 Å². The van der Waals surface area contributed by atoms with Crippen molar-refractivity contribution in [2.45, 2.75) is 18.8 Å². The summed E-state index contributed by atoms with van der Waals surface area (Å²) in [5.41, 5.74) is 3.83. The van der Waals surface area contributed by atoms with Crippen LogP contribution in [0.4, 0.5) is 17.5 Å². The van der Waals surface area contributed by atoms with Crippen LogP contribution in [-0.2, 0) is 7.05 Å². The highest BCUT2D eigenvalue weighted by atomic mass is 16.1. The van der Waals surface area contributed by atoms with Gasteiger partial charge in [-0.1, -0.05) is 30.3 Å². The van der Waals surface area contributed by atoms with Gasteiger partial charge in [-0.05, 0) is 30.5 Å². The second-order valence-electron chi connectivity index (χ2n) is 7.48. The monoisotopic (exact) mass is 411 g/mol. The van der Waals surface area contributed by atoms with Crippen LogP contribution in [0.15, 0.2) is 67.1 Å². The Morgan fingerprint density at radius 1 is 1.10 bits per heavy atom. The van der Waals surface area contributed by atoms with Crippen molar-refractivity contribution in [3.63, 3.8) is 0 Å². The first-order chi connectivity index (χ1) is 15.2. The van der Waals surface area contributed by atoms with E-state index in [1.54, 1.807) is 29.3 Å². The van der Waals surface area contributed by atoms with Crippen molar-refractivity contribution in [2.24, 2.45) is 7.05 Å². The number of rotatable bonds is 6. The first-order valence-corrected chi connectivity index (χ1v) is 10.1. The van der Waals surface area contributed by atoms with E-state index >= 15 is 0 Å². The summed E-state index contributed by atoms with van der Waals surface area (Å²) < 4.78 is 1.77. The molecule has 3 heterocycles. The van der Waals surface area contributed by atoms with Crippen molar-refractivity contribution in [1.29, 1.82) is 0 Å². The maximum Gasteiger partial charge on any atom is 0.274 e. The quantitative estimate of drug-likeness (QED) is 0.495. The number of hydrogen-bond acceptors (Lipinski definition) is 6. The predicted molar refractivity (Wildman–Crippen MR) is 118 cm³/mol. The largest absolute Gasteiger partial charge is 0.319 e. The molecule has 1 amide bonds. The molecule has 0 spiro atoms. The summed E-state index contributed by atoms with van der Waals surface area (Å²) in [6.07, 6.45) is 7.26. The molecule has 3 aromatic heterocycles. The fraction of sp³-hybridized carbons (Fsp3) is 0.174. The van der Waals surface area contributed by atoms with Crippen LogP contribution in [0, 0.1) is 0 Å². The number of carbonyl (C=O) groups excluding carboxylic acids is 1. The molecule has 1 fully saturated rings. The number of anilines is 3. The van der Waals surface area contributed by atoms with E-state index in [2.05, 4.69) is 30.7 Å². The van der Waals surface area contributed by atoms with E-state index in [4.69, 9.17) is 0 Å². The summed E-state index contributed by atoms with van der Waals surface area (Å²) in [5.74, 6) is 1.35. The van der Waals surface area contributed by atoms with Gasteiger partial charge in [-0.25, -0.2) is 9.97 Å². The van der Waals surface area contributed by atoms with Gasteiger partial charge in [0.2, 0.25) is 5.95 Å². The standard InChI is InChI=1S/C23H21N7O/c1-30-21(13-19(29-30)16-7-8-16)28-23-25-12-10-18(27-23)22(31)26-20-14-24-11-9-17(20)15-5-3-2-4-6-15/h2-6,9-14,16H,7-8H2,1H3,(H,26,31)(H,25,27,28). The Morgan fingerprint density at radius 3 is 2.74 bits per heavy atom. The molecule has 0 bridgehead atoms. The van der Waals surface area contributed by atoms with Gasteiger partial charge in [0.25, 0.3) is 5.91 Å². The smallest absolute Gasteiger partial charge is 0.274 e. The second kappa shape index (κ2) is 7.98. The number of carbonyl (C=O) groups is 1. The molecule has 0 radical (unpaired) electrons. The number of aryl methyl sites for hydroxylation is 1. The summed E-state index contributed by atoms with van der Waals surface area (Å²) in [6, 6.07) is 15.3. The molecule has 4 aromatic rings. The molecule has 0 unspecified atom stereocenters. The SMILES string of the molecule is Cn1nc(C2CC2)cc1Nc1nccc(C(=O)Nc2cnccc2-c2ccccc2)n1. The number of nitrogens with one attached hydrogen (secondary N) is 2. The van der Waals surface area contributed by atoms with Gasteiger partial charge in [0, 0.05) is 37.0 Å². The van der Waals surface area contributed by atoms with Gasteiger partial charge in [0.15, 0.2) is 0 Å². The van der Waals surface area contributed by atoms with Crippen molar-refractivity contribution in [1.82, 2.24) is 24.7 Å². The molecule has 31 heavy (non-hydrogen) atoms. The van der Waals surface area contributed by atoms with E-state index in [9.17, 15) is 4.79 Å². The molecular formula is C23H21N7O. The Bertz CT molecular complexity index is 1230. The fourth-order valence-corrected chi connectivity index (χ4v) is 3.39. The van der Waals surface area contributed by atoms with Crippen LogP contribution in [0.1, 0.15) is 34.9 Å². The topological polar surface area (TPSA) is 97.6 Å². The first-order valence-electron chi connectivity index (χ1n) is 10.1. The Morgan fingerprint density at radius 2 is 1.94 bits per heavy atom. The average molecular weight is 411 g/mol. The molecule has 154 valence electrons. The molecule has 0 atom stereocenters. The number of pyridine rings is 1. The lowest BCUT2D eigenvalue weighted by Crippen LogP contribution is -2.15. The highest BCUT2D eigenvalue weighted by molar-refractivity contribution is 6.05. The molecule has 0 saturated heterocycles. The van der Waals surface area contributed by atoms with E-state index in [0.717, 1.165) is 22.6 Å². The van der Waals surface area contributed by atoms with E-state index in [1.807, 2.05) is 49.5 Å². The van der Waals surface area contributed by atoms with Crippen LogP contribution >= 0.6 is 0 Å². The van der Waals surface area contributed by atoms with E-state index in [1.165, 1.54) is 12.8 Å². The van der Waals surface area contributed by atoms with Gasteiger partial charge in [0.1, 0.15) is 11.5 Å². The number of hydrogen-bond donors (Lipinski definition) is 2. The van der Waals surface area contributed by atoms with Crippen molar-refractivity contribution >= 4 is 23.4 Å². The van der Waals surface area contributed by atoms with Gasteiger partial charge in [-0.3, -0.25) is 14.5 Å². The summed E-state index contributed by atoms with van der Waals surface area (Å²) in [5, 5.41) is 10.6. The van der Waals surface area contributed by atoms with Crippen molar-refractivity contribution < 1.29 is 4.79 Å². The number of aromatic nitrogens is 5. The molecular weight excluding hydrogens is 390 g/mol. The highest BCUT2D eigenvalue weighted by Gasteiger charge is 2.27. The predicted octanol–water partition coefficient (Wildman–Crippen LogP) is 4.15. The second-order valence-corrected chi connectivity index (χ2v) is 7.48. The third-order valence-electron chi connectivity index (χ3n) is 5.18. The number of amides is 1. The maximum atomic E-state index is 12.9. The zero-order valence-electron chi connectivity index (χ0n) is 17.0. The van der Waals surface area contributed by atoms with Crippen molar-refractivity contribution in [3.8, 4) is 11.1 Å². The van der Waals surface area contributed by atoms with Crippen LogP contribution in [0.3, 0.4) is 0 Å². The van der Waals surface area contributed by atoms with Crippen LogP contribution < -0.4 is 10.6 Å². The number of nitrogens with zero attached hydrogens (tertiary/aromatic N) is 5. The molecule has 1 aliphatic carbocycles. The average Bonchev–Trinajstić information content (AvgIpc) is 3.59. The third kappa shape index (κ3) is 4.13. The lowest BCUT2D eigenvalue weighted by Gasteiger charge is -2.11. The summed E-state index contributed by atoms with van der Waals surface area (Å²) >= 11 is 0. The third-order valence-corrected chi connectivity index (χ3v) is 5.18. The minimum Gasteiger partial charge on any atom is -0.319 e. The van der Waals surface area contributed by atoms with Crippen LogP contribution in [-0.4, -0.2) is 30.6 Å². The molecule has 2 N–H and O–H groups in total. The van der Waals surface area contributed by atoms with Gasteiger partial charge in [-0.2, -0.15) is 5.10 Å². The lowest BCUT2D eigenvalue weighted by molar-refractivity contribution is 0.102. The summed E-state index contributed by atoms with van der Waals surface area (Å²) in [6.45, 7) is 0. The molecule has 1 saturated carbocycles. The Labute approximate surface area is 179 Å². The fourth-order valence-electron chi connectivity index (χ4n) is 3.39. The molecule has 1 aromatic carbocycles. The first kappa shape index (κ1) is 18.9. The minimum absolute atomic E-state index is 0.255. The Hall–Kier alpha value is -4.07. The summed E-state index contributed by atoms with van der Waals surface area (Å²) in [4.78, 5) is 25.7. The van der Waals surface area contributed by atoms with Crippen molar-refractivity contribution in [2.75, 3.05) is 10.6 Å². The molecule has 1 aliphatic rings. The highest BCUT2D eigenvalue weighted by Crippen LogP contribution is 2.40. The van der Waals surface area contributed by atoms with Gasteiger partial charge < -0.3 is 10.6 Å². The van der Waals surface area contributed by atoms with Crippen LogP contribution in [0.5, 0.6) is 0 Å². The Kier molecular flexibility index (Phi) is 4.87. The van der Waals surface area contributed by atoms with Crippen LogP contribution in [0.2, 0.25) is 0 Å². The van der Waals surface area contributed by atoms with E-state index < -0.39 is 0 Å². The molecule has 5 rings (SSSR count). The van der Waals surface area contributed by atoms with Gasteiger partial charge >= 0.3 is 0 Å². The zero-order chi connectivity index (χ0) is 21.2. The van der Waals surface area contributed by atoms with Gasteiger partial charge in [0.05, 0.1) is 17.6 Å². The number of benzene rings is 1. The molecule has 8 heteroatoms. The van der Waals surface area contributed by atoms with Crippen LogP contribution in [0.25, 0.3) is 11.1 Å². The lowest BCUT2D eigenvalue weighted by atomic mass is 10.1. The van der Waals surface area contributed by atoms with E-state index in [0.29, 0.717) is 17.6 Å². The molecule has 0 aliphatic heterocycles. The maximum absolute atomic E-state index is 12.9. The molecule has 8 nitrogen and oxygen atoms in total. The normalized spacial score (nSPS) is 13.1. The Balaban J connectivity index is 1.35.